The lowest BCUT2D eigenvalue weighted by Gasteiger charge is -2.26. The van der Waals surface area contributed by atoms with Crippen LogP contribution >= 0.6 is 23.4 Å². The van der Waals surface area contributed by atoms with E-state index in [9.17, 15) is 5.11 Å². The minimum Gasteiger partial charge on any atom is -0.394 e. The highest BCUT2D eigenvalue weighted by Gasteiger charge is 2.20. The Balaban J connectivity index is 2.38. The van der Waals surface area contributed by atoms with Crippen LogP contribution in [0.5, 0.6) is 0 Å². The molecule has 2 N–H and O–H groups in total. The molecule has 1 aromatic carbocycles. The largest absolute Gasteiger partial charge is 0.394 e. The Labute approximate surface area is 106 Å². The summed E-state index contributed by atoms with van der Waals surface area (Å²) in [6.45, 7) is 2.17. The van der Waals surface area contributed by atoms with Gasteiger partial charge in [-0.3, -0.25) is 0 Å². The second-order valence-electron chi connectivity index (χ2n) is 4.09. The van der Waals surface area contributed by atoms with Gasteiger partial charge in [0.05, 0.1) is 6.61 Å². The first kappa shape index (κ1) is 13.8. The summed E-state index contributed by atoms with van der Waals surface area (Å²) in [5.41, 5.74) is 1.06. The molecule has 0 amide bonds. The van der Waals surface area contributed by atoms with Gasteiger partial charge < -0.3 is 10.4 Å². The molecule has 0 bridgehead atoms. The van der Waals surface area contributed by atoms with Gasteiger partial charge in [0.2, 0.25) is 0 Å². The Hall–Kier alpha value is -0.220. The fourth-order valence-electron chi connectivity index (χ4n) is 1.17. The van der Waals surface area contributed by atoms with Crippen molar-refractivity contribution in [1.82, 2.24) is 5.32 Å². The van der Waals surface area contributed by atoms with E-state index in [1.807, 2.05) is 38.2 Å². The van der Waals surface area contributed by atoms with E-state index < -0.39 is 0 Å². The smallest absolute Gasteiger partial charge is 0.0618 e. The fraction of sp³-hybridized carbons (Fsp3) is 0.500. The molecule has 90 valence electrons. The zero-order valence-electron chi connectivity index (χ0n) is 9.66. The minimum atomic E-state index is -0.197. The van der Waals surface area contributed by atoms with Gasteiger partial charge in [0.15, 0.2) is 0 Å². The monoisotopic (exact) mass is 259 g/mol. The highest BCUT2D eigenvalue weighted by molar-refractivity contribution is 7.98. The van der Waals surface area contributed by atoms with Crippen LogP contribution in [0.3, 0.4) is 0 Å². The van der Waals surface area contributed by atoms with Crippen LogP contribution in [0.4, 0.5) is 0 Å². The van der Waals surface area contributed by atoms with Gasteiger partial charge in [-0.05, 0) is 31.7 Å². The first-order valence-electron chi connectivity index (χ1n) is 5.21. The van der Waals surface area contributed by atoms with Gasteiger partial charge in [0, 0.05) is 22.1 Å². The number of hydrogen-bond acceptors (Lipinski definition) is 3. The third kappa shape index (κ3) is 4.34. The molecule has 4 heteroatoms. The van der Waals surface area contributed by atoms with Gasteiger partial charge in [-0.25, -0.2) is 0 Å². The topological polar surface area (TPSA) is 32.3 Å². The summed E-state index contributed by atoms with van der Waals surface area (Å²) < 4.78 is 0. The first-order chi connectivity index (χ1) is 7.59. The van der Waals surface area contributed by atoms with E-state index >= 15 is 0 Å². The van der Waals surface area contributed by atoms with Crippen molar-refractivity contribution < 1.29 is 5.11 Å². The van der Waals surface area contributed by atoms with Crippen LogP contribution < -0.4 is 5.32 Å². The van der Waals surface area contributed by atoms with E-state index in [4.69, 9.17) is 11.6 Å². The predicted molar refractivity (Wildman–Crippen MR) is 72.2 cm³/mol. The number of aliphatic hydroxyl groups excluding tert-OH is 1. The summed E-state index contributed by atoms with van der Waals surface area (Å²) in [4.78, 5) is 0. The SMILES string of the molecule is CNC(C)(CO)CSCc1ccc(Cl)cc1. The maximum Gasteiger partial charge on any atom is 0.0618 e. The van der Waals surface area contributed by atoms with Gasteiger partial charge >= 0.3 is 0 Å². The van der Waals surface area contributed by atoms with Crippen molar-refractivity contribution in [3.05, 3.63) is 34.9 Å². The molecule has 1 aromatic rings. The first-order valence-corrected chi connectivity index (χ1v) is 6.75. The Morgan fingerprint density at radius 3 is 2.50 bits per heavy atom. The van der Waals surface area contributed by atoms with Crippen LogP contribution in [-0.2, 0) is 5.75 Å². The van der Waals surface area contributed by atoms with Gasteiger partial charge in [0.25, 0.3) is 0 Å². The molecule has 0 saturated heterocycles. The van der Waals surface area contributed by atoms with Gasteiger partial charge in [-0.2, -0.15) is 11.8 Å². The molecule has 1 atom stereocenters. The maximum atomic E-state index is 9.23. The predicted octanol–water partition coefficient (Wildman–Crippen LogP) is 2.54. The molecule has 0 saturated carbocycles. The van der Waals surface area contributed by atoms with Crippen molar-refractivity contribution in [1.29, 1.82) is 0 Å². The number of hydrogen-bond donors (Lipinski definition) is 2. The van der Waals surface area contributed by atoms with Crippen molar-refractivity contribution >= 4 is 23.4 Å². The van der Waals surface area contributed by atoms with E-state index in [1.54, 1.807) is 11.8 Å². The van der Waals surface area contributed by atoms with Crippen LogP contribution in [-0.4, -0.2) is 30.1 Å². The molecule has 0 spiro atoms. The molecule has 0 aromatic heterocycles. The lowest BCUT2D eigenvalue weighted by atomic mass is 10.1. The number of rotatable bonds is 6. The molecule has 2 nitrogen and oxygen atoms in total. The number of benzene rings is 1. The zero-order chi connectivity index (χ0) is 12.0. The standard InChI is InChI=1S/C12H18ClNOS/c1-12(8-15,14-2)9-16-7-10-3-5-11(13)6-4-10/h3-6,14-15H,7-9H2,1-2H3. The van der Waals surface area contributed by atoms with Crippen LogP contribution in [0.15, 0.2) is 24.3 Å². The lowest BCUT2D eigenvalue weighted by molar-refractivity contribution is 0.200. The third-order valence-electron chi connectivity index (χ3n) is 2.56. The zero-order valence-corrected chi connectivity index (χ0v) is 11.2. The quantitative estimate of drug-likeness (QED) is 0.824. The third-order valence-corrected chi connectivity index (χ3v) is 4.19. The maximum absolute atomic E-state index is 9.23. The normalized spacial score (nSPS) is 14.8. The number of thioether (sulfide) groups is 1. The van der Waals surface area contributed by atoms with E-state index in [-0.39, 0.29) is 12.1 Å². The molecule has 16 heavy (non-hydrogen) atoms. The summed E-state index contributed by atoms with van der Waals surface area (Å²) in [6, 6.07) is 7.87. The van der Waals surface area contributed by atoms with E-state index in [0.29, 0.717) is 0 Å². The summed E-state index contributed by atoms with van der Waals surface area (Å²) in [6.07, 6.45) is 0. The lowest BCUT2D eigenvalue weighted by Crippen LogP contribution is -2.45. The summed E-state index contributed by atoms with van der Waals surface area (Å²) in [5, 5.41) is 13.1. The summed E-state index contributed by atoms with van der Waals surface area (Å²) >= 11 is 7.62. The second kappa shape index (κ2) is 6.50. The number of likely N-dealkylation sites (N-methyl/N-ethyl adjacent to an activating group) is 1. The van der Waals surface area contributed by atoms with Crippen LogP contribution in [0, 0.1) is 0 Å². The average molecular weight is 260 g/mol. The van der Waals surface area contributed by atoms with E-state index in [2.05, 4.69) is 5.32 Å². The molecule has 0 heterocycles. The molecule has 0 fully saturated rings. The highest BCUT2D eigenvalue weighted by atomic mass is 35.5. The fourth-order valence-corrected chi connectivity index (χ4v) is 2.51. The van der Waals surface area contributed by atoms with Crippen LogP contribution in [0.25, 0.3) is 0 Å². The number of nitrogens with one attached hydrogen (secondary N) is 1. The van der Waals surface area contributed by atoms with E-state index in [0.717, 1.165) is 16.5 Å². The Kier molecular flexibility index (Phi) is 5.62. The number of halogens is 1. The Bertz CT molecular complexity index is 311. The Morgan fingerprint density at radius 2 is 2.00 bits per heavy atom. The highest BCUT2D eigenvalue weighted by Crippen LogP contribution is 2.19. The molecule has 0 aliphatic carbocycles. The molecule has 0 aliphatic rings. The van der Waals surface area contributed by atoms with Crippen molar-refractivity contribution in [2.45, 2.75) is 18.2 Å². The average Bonchev–Trinajstić information content (AvgIpc) is 2.31. The van der Waals surface area contributed by atoms with Crippen LogP contribution in [0.2, 0.25) is 5.02 Å². The van der Waals surface area contributed by atoms with Gasteiger partial charge in [-0.1, -0.05) is 23.7 Å². The minimum absolute atomic E-state index is 0.150. The molecule has 0 radical (unpaired) electrons. The summed E-state index contributed by atoms with van der Waals surface area (Å²) in [5.74, 6) is 1.82. The van der Waals surface area contributed by atoms with E-state index in [1.165, 1.54) is 5.56 Å². The number of aliphatic hydroxyl groups is 1. The molecular weight excluding hydrogens is 242 g/mol. The van der Waals surface area contributed by atoms with Gasteiger partial charge in [0.1, 0.15) is 0 Å². The van der Waals surface area contributed by atoms with Gasteiger partial charge in [-0.15, -0.1) is 0 Å². The van der Waals surface area contributed by atoms with Crippen molar-refractivity contribution in [2.75, 3.05) is 19.4 Å². The van der Waals surface area contributed by atoms with Crippen molar-refractivity contribution in [3.8, 4) is 0 Å². The molecular formula is C12H18ClNOS. The van der Waals surface area contributed by atoms with Crippen molar-refractivity contribution in [3.63, 3.8) is 0 Å². The molecule has 1 rings (SSSR count). The van der Waals surface area contributed by atoms with Crippen molar-refractivity contribution in [2.24, 2.45) is 0 Å². The second-order valence-corrected chi connectivity index (χ2v) is 5.51. The molecule has 0 aliphatic heterocycles. The van der Waals surface area contributed by atoms with Crippen LogP contribution in [0.1, 0.15) is 12.5 Å². The Morgan fingerprint density at radius 1 is 1.38 bits per heavy atom. The summed E-state index contributed by atoms with van der Waals surface area (Å²) in [7, 11) is 1.87. The molecule has 1 unspecified atom stereocenters.